The summed E-state index contributed by atoms with van der Waals surface area (Å²) in [5.41, 5.74) is 13.1. The van der Waals surface area contributed by atoms with Crippen molar-refractivity contribution in [3.8, 4) is 0 Å². The maximum absolute atomic E-state index is 12.6. The molecule has 25 heavy (non-hydrogen) atoms. The molecule has 0 unspecified atom stereocenters. The molecule has 1 heterocycles. The monoisotopic (exact) mass is 344 g/mol. The highest BCUT2D eigenvalue weighted by Gasteiger charge is 2.32. The first-order valence-corrected chi connectivity index (χ1v) is 9.23. The number of primary amides is 1. The van der Waals surface area contributed by atoms with Crippen LogP contribution in [0.25, 0.3) is 0 Å². The van der Waals surface area contributed by atoms with E-state index in [0.717, 1.165) is 56.6 Å². The van der Waals surface area contributed by atoms with Crippen molar-refractivity contribution < 1.29 is 9.59 Å². The van der Waals surface area contributed by atoms with Gasteiger partial charge in [0.15, 0.2) is 0 Å². The van der Waals surface area contributed by atoms with Crippen LogP contribution in [0.1, 0.15) is 32.1 Å². The molecule has 1 aromatic rings. The molecule has 3 rings (SSSR count). The summed E-state index contributed by atoms with van der Waals surface area (Å²) < 4.78 is 0. The number of nitrogens with two attached hydrogens (primary N) is 2. The van der Waals surface area contributed by atoms with E-state index in [2.05, 4.69) is 10.2 Å². The van der Waals surface area contributed by atoms with E-state index < -0.39 is 0 Å². The van der Waals surface area contributed by atoms with E-state index >= 15 is 0 Å². The van der Waals surface area contributed by atoms with Crippen molar-refractivity contribution >= 4 is 23.2 Å². The van der Waals surface area contributed by atoms with Crippen LogP contribution in [0.2, 0.25) is 0 Å². The predicted octanol–water partition coefficient (Wildman–Crippen LogP) is 1.70. The van der Waals surface area contributed by atoms with Gasteiger partial charge in [-0.15, -0.1) is 0 Å². The van der Waals surface area contributed by atoms with Crippen molar-refractivity contribution in [1.82, 2.24) is 0 Å². The van der Waals surface area contributed by atoms with E-state index in [9.17, 15) is 9.59 Å². The number of piperidine rings is 1. The summed E-state index contributed by atoms with van der Waals surface area (Å²) >= 11 is 0. The molecule has 5 N–H and O–H groups in total. The molecule has 1 aromatic carbocycles. The first-order valence-electron chi connectivity index (χ1n) is 9.23. The molecular formula is C19H28N4O2. The Hall–Kier alpha value is -2.08. The van der Waals surface area contributed by atoms with E-state index in [-0.39, 0.29) is 23.7 Å². The zero-order valence-corrected chi connectivity index (χ0v) is 14.6. The van der Waals surface area contributed by atoms with Gasteiger partial charge in [0.2, 0.25) is 11.8 Å². The van der Waals surface area contributed by atoms with Gasteiger partial charge in [-0.2, -0.15) is 0 Å². The maximum Gasteiger partial charge on any atom is 0.227 e. The second-order valence-corrected chi connectivity index (χ2v) is 7.24. The zero-order valence-electron chi connectivity index (χ0n) is 14.6. The molecule has 6 heteroatoms. The van der Waals surface area contributed by atoms with E-state index in [1.54, 1.807) is 0 Å². The van der Waals surface area contributed by atoms with Crippen LogP contribution >= 0.6 is 0 Å². The fourth-order valence-electron chi connectivity index (χ4n) is 4.10. The Morgan fingerprint density at radius 1 is 1.16 bits per heavy atom. The standard InChI is InChI=1S/C19H28N4O2/c20-12-14-3-1-6-17(14)19(25)22-15-4-2-5-16(11-15)23-9-7-13(8-10-23)18(21)24/h2,4-5,11,13-14,17H,1,3,6-10,12,20H2,(H2,21,24)(H,22,25)/t14-,17-/m1/s1. The highest BCUT2D eigenvalue weighted by atomic mass is 16.2. The van der Waals surface area contributed by atoms with Crippen LogP contribution in [0.5, 0.6) is 0 Å². The van der Waals surface area contributed by atoms with E-state index in [0.29, 0.717) is 12.5 Å². The molecule has 0 spiro atoms. The minimum atomic E-state index is -0.202. The molecular weight excluding hydrogens is 316 g/mol. The van der Waals surface area contributed by atoms with Crippen LogP contribution < -0.4 is 21.7 Å². The van der Waals surface area contributed by atoms with Crippen LogP contribution in [0.15, 0.2) is 24.3 Å². The second-order valence-electron chi connectivity index (χ2n) is 7.24. The summed E-state index contributed by atoms with van der Waals surface area (Å²) in [6.07, 6.45) is 4.62. The Morgan fingerprint density at radius 3 is 2.60 bits per heavy atom. The third-order valence-corrected chi connectivity index (χ3v) is 5.67. The second kappa shape index (κ2) is 7.87. The lowest BCUT2D eigenvalue weighted by atomic mass is 9.95. The van der Waals surface area contributed by atoms with Crippen LogP contribution in [-0.2, 0) is 9.59 Å². The van der Waals surface area contributed by atoms with Crippen LogP contribution in [0.4, 0.5) is 11.4 Å². The number of nitrogens with zero attached hydrogens (tertiary/aromatic N) is 1. The van der Waals surface area contributed by atoms with Crippen molar-refractivity contribution in [3.05, 3.63) is 24.3 Å². The SMILES string of the molecule is NC[C@H]1CCC[C@H]1C(=O)Nc1cccc(N2CCC(C(N)=O)CC2)c1. The van der Waals surface area contributed by atoms with E-state index in [1.165, 1.54) is 0 Å². The van der Waals surface area contributed by atoms with Gasteiger partial charge in [-0.1, -0.05) is 12.5 Å². The molecule has 1 saturated heterocycles. The lowest BCUT2D eigenvalue weighted by Crippen LogP contribution is -2.38. The number of hydrogen-bond donors (Lipinski definition) is 3. The molecule has 0 aromatic heterocycles. The fourth-order valence-corrected chi connectivity index (χ4v) is 4.10. The van der Waals surface area contributed by atoms with Gasteiger partial charge in [-0.05, 0) is 56.3 Å². The highest BCUT2D eigenvalue weighted by molar-refractivity contribution is 5.93. The van der Waals surface area contributed by atoms with Gasteiger partial charge >= 0.3 is 0 Å². The van der Waals surface area contributed by atoms with Gasteiger partial charge in [-0.25, -0.2) is 0 Å². The summed E-state index contributed by atoms with van der Waals surface area (Å²) in [7, 11) is 0. The van der Waals surface area contributed by atoms with Crippen molar-refractivity contribution in [3.63, 3.8) is 0 Å². The molecule has 6 nitrogen and oxygen atoms in total. The fraction of sp³-hybridized carbons (Fsp3) is 0.579. The van der Waals surface area contributed by atoms with Gasteiger partial charge < -0.3 is 21.7 Å². The van der Waals surface area contributed by atoms with Crippen LogP contribution in [0.3, 0.4) is 0 Å². The Labute approximate surface area is 148 Å². The Morgan fingerprint density at radius 2 is 1.92 bits per heavy atom. The smallest absolute Gasteiger partial charge is 0.227 e. The van der Waals surface area contributed by atoms with Crippen LogP contribution in [-0.4, -0.2) is 31.4 Å². The minimum absolute atomic E-state index is 0.0188. The molecule has 1 aliphatic carbocycles. The minimum Gasteiger partial charge on any atom is -0.371 e. The highest BCUT2D eigenvalue weighted by Crippen LogP contribution is 2.32. The molecule has 2 fully saturated rings. The van der Waals surface area contributed by atoms with Gasteiger partial charge in [0.05, 0.1) is 0 Å². The number of hydrogen-bond acceptors (Lipinski definition) is 4. The summed E-state index contributed by atoms with van der Waals surface area (Å²) in [5, 5.41) is 3.06. The number of anilines is 2. The molecule has 2 aliphatic rings. The molecule has 1 aliphatic heterocycles. The third-order valence-electron chi connectivity index (χ3n) is 5.67. The number of nitrogens with one attached hydrogen (secondary N) is 1. The first-order chi connectivity index (χ1) is 12.1. The maximum atomic E-state index is 12.6. The number of carbonyl (C=O) groups is 2. The summed E-state index contributed by atoms with van der Waals surface area (Å²) in [6.45, 7) is 2.19. The van der Waals surface area contributed by atoms with E-state index in [1.807, 2.05) is 24.3 Å². The van der Waals surface area contributed by atoms with Gasteiger partial charge in [0.1, 0.15) is 0 Å². The molecule has 2 amide bonds. The largest absolute Gasteiger partial charge is 0.371 e. The molecule has 0 radical (unpaired) electrons. The Balaban J connectivity index is 1.62. The average molecular weight is 344 g/mol. The van der Waals surface area contributed by atoms with Gasteiger partial charge in [0, 0.05) is 36.3 Å². The van der Waals surface area contributed by atoms with Crippen LogP contribution in [0, 0.1) is 17.8 Å². The van der Waals surface area contributed by atoms with E-state index in [4.69, 9.17) is 11.5 Å². The molecule has 2 atom stereocenters. The third kappa shape index (κ3) is 4.12. The topological polar surface area (TPSA) is 101 Å². The Kier molecular flexibility index (Phi) is 5.58. The van der Waals surface area contributed by atoms with Crippen molar-refractivity contribution in [2.45, 2.75) is 32.1 Å². The molecule has 136 valence electrons. The number of amides is 2. The average Bonchev–Trinajstić information content (AvgIpc) is 3.11. The summed E-state index contributed by atoms with van der Waals surface area (Å²) in [4.78, 5) is 26.1. The number of benzene rings is 1. The quantitative estimate of drug-likeness (QED) is 0.756. The zero-order chi connectivity index (χ0) is 17.8. The molecule has 1 saturated carbocycles. The Bertz CT molecular complexity index is 626. The lowest BCUT2D eigenvalue weighted by molar-refractivity contribution is -0.122. The number of rotatable bonds is 5. The summed E-state index contributed by atoms with van der Waals surface area (Å²) in [5.74, 6) is 0.190. The first kappa shape index (κ1) is 17.7. The summed E-state index contributed by atoms with van der Waals surface area (Å²) in [6, 6.07) is 7.93. The number of carbonyl (C=O) groups excluding carboxylic acids is 2. The predicted molar refractivity (Wildman–Crippen MR) is 99.1 cm³/mol. The lowest BCUT2D eigenvalue weighted by Gasteiger charge is -2.32. The van der Waals surface area contributed by atoms with Crippen molar-refractivity contribution in [1.29, 1.82) is 0 Å². The van der Waals surface area contributed by atoms with Gasteiger partial charge in [-0.3, -0.25) is 9.59 Å². The van der Waals surface area contributed by atoms with Gasteiger partial charge in [0.25, 0.3) is 0 Å². The molecule has 0 bridgehead atoms. The van der Waals surface area contributed by atoms with Crippen molar-refractivity contribution in [2.75, 3.05) is 29.9 Å². The normalized spacial score (nSPS) is 24.3. The van der Waals surface area contributed by atoms with Crippen molar-refractivity contribution in [2.24, 2.45) is 29.2 Å².